The third-order valence-corrected chi connectivity index (χ3v) is 3.30. The number of aromatic nitrogens is 1. The largest absolute Gasteiger partial charge is 0.416 e. The second kappa shape index (κ2) is 6.60. The average Bonchev–Trinajstić information content (AvgIpc) is 2.46. The van der Waals surface area contributed by atoms with Crippen LogP contribution in [-0.2, 0) is 25.2 Å². The van der Waals surface area contributed by atoms with Crippen molar-refractivity contribution in [1.29, 1.82) is 0 Å². The lowest BCUT2D eigenvalue weighted by Crippen LogP contribution is -2.12. The predicted molar refractivity (Wildman–Crippen MR) is 72.7 cm³/mol. The normalized spacial score (nSPS) is 12.4. The second-order valence-corrected chi connectivity index (χ2v) is 5.13. The molecule has 0 saturated carbocycles. The molecule has 23 heavy (non-hydrogen) atoms. The van der Waals surface area contributed by atoms with Crippen molar-refractivity contribution in [1.82, 2.24) is 4.98 Å². The number of alkyl halides is 6. The number of halogens is 6. The molecule has 0 unspecified atom stereocenters. The van der Waals surface area contributed by atoms with E-state index < -0.39 is 23.5 Å². The monoisotopic (exact) mass is 333 g/mol. The van der Waals surface area contributed by atoms with Crippen molar-refractivity contribution >= 4 is 0 Å². The number of rotatable bonds is 4. The SMILES string of the molecule is FC(F)(F)c1cc(CCCc2cccnc2)cc(C(F)(F)F)c1. The summed E-state index contributed by atoms with van der Waals surface area (Å²) in [5.74, 6) is 0. The number of hydrogen-bond acceptors (Lipinski definition) is 1. The highest BCUT2D eigenvalue weighted by Crippen LogP contribution is 2.36. The van der Waals surface area contributed by atoms with E-state index in [4.69, 9.17) is 0 Å². The van der Waals surface area contributed by atoms with E-state index in [-0.39, 0.29) is 18.1 Å². The third kappa shape index (κ3) is 4.97. The molecular weight excluding hydrogens is 320 g/mol. The summed E-state index contributed by atoms with van der Waals surface area (Å²) in [5.41, 5.74) is -1.64. The van der Waals surface area contributed by atoms with Crippen LogP contribution in [0.5, 0.6) is 0 Å². The molecule has 0 aliphatic carbocycles. The zero-order chi connectivity index (χ0) is 17.1. The maximum Gasteiger partial charge on any atom is 0.416 e. The molecule has 0 amide bonds. The number of hydrogen-bond donors (Lipinski definition) is 0. The quantitative estimate of drug-likeness (QED) is 0.693. The molecule has 0 saturated heterocycles. The Kier molecular flexibility index (Phi) is 4.97. The molecular formula is C16H13F6N. The summed E-state index contributed by atoms with van der Waals surface area (Å²) >= 11 is 0. The fourth-order valence-corrected chi connectivity index (χ4v) is 2.21. The Hall–Kier alpha value is -2.05. The van der Waals surface area contributed by atoms with Gasteiger partial charge in [-0.3, -0.25) is 4.98 Å². The Morgan fingerprint density at radius 3 is 1.83 bits per heavy atom. The Bertz CT molecular complexity index is 614. The van der Waals surface area contributed by atoms with Gasteiger partial charge in [0.25, 0.3) is 0 Å². The zero-order valence-electron chi connectivity index (χ0n) is 11.9. The van der Waals surface area contributed by atoms with E-state index in [1.807, 2.05) is 0 Å². The molecule has 0 radical (unpaired) electrons. The maximum absolute atomic E-state index is 12.7. The van der Waals surface area contributed by atoms with Crippen LogP contribution < -0.4 is 0 Å². The van der Waals surface area contributed by atoms with Gasteiger partial charge in [0.15, 0.2) is 0 Å². The van der Waals surface area contributed by atoms with Gasteiger partial charge in [-0.05, 0) is 54.7 Å². The standard InChI is InChI=1S/C16H13F6N/c17-15(18,19)13-7-12(8-14(9-13)16(20,21)22)4-1-3-11-5-2-6-23-10-11/h2,5-10H,1,3-4H2. The third-order valence-electron chi connectivity index (χ3n) is 3.30. The summed E-state index contributed by atoms with van der Waals surface area (Å²) in [4.78, 5) is 3.91. The van der Waals surface area contributed by atoms with Gasteiger partial charge in [0.05, 0.1) is 11.1 Å². The lowest BCUT2D eigenvalue weighted by atomic mass is 9.99. The van der Waals surface area contributed by atoms with E-state index in [0.717, 1.165) is 17.7 Å². The van der Waals surface area contributed by atoms with Crippen LogP contribution in [0.25, 0.3) is 0 Å². The lowest BCUT2D eigenvalue weighted by molar-refractivity contribution is -0.143. The molecule has 0 bridgehead atoms. The van der Waals surface area contributed by atoms with Gasteiger partial charge in [0, 0.05) is 12.4 Å². The molecule has 0 aliphatic rings. The average molecular weight is 333 g/mol. The van der Waals surface area contributed by atoms with Crippen LogP contribution >= 0.6 is 0 Å². The van der Waals surface area contributed by atoms with Gasteiger partial charge in [-0.1, -0.05) is 6.07 Å². The second-order valence-electron chi connectivity index (χ2n) is 5.13. The highest BCUT2D eigenvalue weighted by atomic mass is 19.4. The van der Waals surface area contributed by atoms with Crippen LogP contribution in [0.1, 0.15) is 28.7 Å². The van der Waals surface area contributed by atoms with E-state index in [1.54, 1.807) is 24.5 Å². The minimum atomic E-state index is -4.81. The lowest BCUT2D eigenvalue weighted by Gasteiger charge is -2.14. The molecule has 1 heterocycles. The first-order valence-electron chi connectivity index (χ1n) is 6.83. The summed E-state index contributed by atoms with van der Waals surface area (Å²) in [6, 6.07) is 5.23. The summed E-state index contributed by atoms with van der Waals surface area (Å²) in [6.45, 7) is 0. The number of pyridine rings is 1. The molecule has 2 rings (SSSR count). The first-order valence-corrected chi connectivity index (χ1v) is 6.83. The summed E-state index contributed by atoms with van der Waals surface area (Å²) in [5, 5.41) is 0. The van der Waals surface area contributed by atoms with E-state index in [9.17, 15) is 26.3 Å². The summed E-state index contributed by atoms with van der Waals surface area (Å²) in [7, 11) is 0. The molecule has 0 N–H and O–H groups in total. The summed E-state index contributed by atoms with van der Waals surface area (Å²) < 4.78 is 76.5. The number of aryl methyl sites for hydroxylation is 2. The zero-order valence-corrected chi connectivity index (χ0v) is 11.9. The molecule has 0 aliphatic heterocycles. The smallest absolute Gasteiger partial charge is 0.264 e. The van der Waals surface area contributed by atoms with Crippen molar-refractivity contribution in [2.75, 3.05) is 0 Å². The van der Waals surface area contributed by atoms with E-state index in [0.29, 0.717) is 12.8 Å². The molecule has 124 valence electrons. The molecule has 1 aromatic heterocycles. The van der Waals surface area contributed by atoms with Gasteiger partial charge < -0.3 is 0 Å². The van der Waals surface area contributed by atoms with Gasteiger partial charge in [-0.2, -0.15) is 26.3 Å². The molecule has 0 atom stereocenters. The van der Waals surface area contributed by atoms with E-state index in [2.05, 4.69) is 4.98 Å². The van der Waals surface area contributed by atoms with Gasteiger partial charge >= 0.3 is 12.4 Å². The van der Waals surface area contributed by atoms with Gasteiger partial charge in [0.2, 0.25) is 0 Å². The Labute approximate surface area is 129 Å². The molecule has 0 fully saturated rings. The van der Waals surface area contributed by atoms with Crippen LogP contribution in [-0.4, -0.2) is 4.98 Å². The van der Waals surface area contributed by atoms with Crippen molar-refractivity contribution in [3.63, 3.8) is 0 Å². The van der Waals surface area contributed by atoms with Crippen molar-refractivity contribution in [2.45, 2.75) is 31.6 Å². The molecule has 1 aromatic carbocycles. The van der Waals surface area contributed by atoms with Crippen LogP contribution in [0.2, 0.25) is 0 Å². The molecule has 1 nitrogen and oxygen atoms in total. The Morgan fingerprint density at radius 2 is 1.35 bits per heavy atom. The van der Waals surface area contributed by atoms with Crippen LogP contribution in [0.3, 0.4) is 0 Å². The number of nitrogens with zero attached hydrogens (tertiary/aromatic N) is 1. The first-order chi connectivity index (χ1) is 10.7. The van der Waals surface area contributed by atoms with Gasteiger partial charge in [0.1, 0.15) is 0 Å². The van der Waals surface area contributed by atoms with Crippen LogP contribution in [0.4, 0.5) is 26.3 Å². The predicted octanol–water partition coefficient (Wildman–Crippen LogP) is 5.29. The first kappa shape index (κ1) is 17.3. The topological polar surface area (TPSA) is 12.9 Å². The fraction of sp³-hybridized carbons (Fsp3) is 0.312. The van der Waals surface area contributed by atoms with Crippen LogP contribution in [0, 0.1) is 0 Å². The van der Waals surface area contributed by atoms with Gasteiger partial charge in [-0.15, -0.1) is 0 Å². The molecule has 7 heteroatoms. The minimum absolute atomic E-state index is 0.0241. The van der Waals surface area contributed by atoms with Crippen molar-refractivity contribution < 1.29 is 26.3 Å². The van der Waals surface area contributed by atoms with E-state index >= 15 is 0 Å². The van der Waals surface area contributed by atoms with Crippen molar-refractivity contribution in [3.05, 3.63) is 65.0 Å². The highest BCUT2D eigenvalue weighted by molar-refractivity contribution is 5.33. The van der Waals surface area contributed by atoms with E-state index in [1.165, 1.54) is 0 Å². The van der Waals surface area contributed by atoms with Crippen molar-refractivity contribution in [2.24, 2.45) is 0 Å². The minimum Gasteiger partial charge on any atom is -0.264 e. The maximum atomic E-state index is 12.7. The van der Waals surface area contributed by atoms with Crippen molar-refractivity contribution in [3.8, 4) is 0 Å². The molecule has 2 aromatic rings. The number of benzene rings is 1. The summed E-state index contributed by atoms with van der Waals surface area (Å²) in [6.07, 6.45) is -5.31. The van der Waals surface area contributed by atoms with Gasteiger partial charge in [-0.25, -0.2) is 0 Å². The van der Waals surface area contributed by atoms with Crippen LogP contribution in [0.15, 0.2) is 42.7 Å². The highest BCUT2D eigenvalue weighted by Gasteiger charge is 2.36. The Balaban J connectivity index is 2.17. The molecule has 0 spiro atoms. The Morgan fingerprint density at radius 1 is 0.783 bits per heavy atom. The fourth-order valence-electron chi connectivity index (χ4n) is 2.21.